The molecule has 1 aliphatic carbocycles. The summed E-state index contributed by atoms with van der Waals surface area (Å²) in [6, 6.07) is 15.3. The van der Waals surface area contributed by atoms with Gasteiger partial charge in [-0.15, -0.1) is 6.42 Å². The highest BCUT2D eigenvalue weighted by Gasteiger charge is 2.46. The molecule has 2 bridgehead atoms. The van der Waals surface area contributed by atoms with E-state index in [1.807, 2.05) is 13.8 Å². The van der Waals surface area contributed by atoms with Crippen LogP contribution in [0.1, 0.15) is 78.1 Å². The monoisotopic (exact) mass is 906 g/mol. The molecule has 1 saturated carbocycles. The van der Waals surface area contributed by atoms with Crippen LogP contribution in [-0.2, 0) is 13.1 Å². The van der Waals surface area contributed by atoms with Crippen molar-refractivity contribution in [3.63, 3.8) is 0 Å². The summed E-state index contributed by atoms with van der Waals surface area (Å²) >= 11 is 0. The van der Waals surface area contributed by atoms with E-state index < -0.39 is 11.6 Å². The maximum absolute atomic E-state index is 17.0. The molecule has 1 amide bonds. The number of aromatic hydroxyl groups is 3. The highest BCUT2D eigenvalue weighted by molar-refractivity contribution is 6.03. The second-order valence-electron chi connectivity index (χ2n) is 19.7. The number of pyridine rings is 1. The smallest absolute Gasteiger partial charge is 0.319 e. The van der Waals surface area contributed by atoms with Crippen LogP contribution >= 0.6 is 0 Å². The highest BCUT2D eigenvalue weighted by Crippen LogP contribution is 2.48. The number of nitrogens with one attached hydrogen (secondary N) is 2. The van der Waals surface area contributed by atoms with Gasteiger partial charge in [0, 0.05) is 105 Å². The second-order valence-corrected chi connectivity index (χ2v) is 19.7. The zero-order valence-electron chi connectivity index (χ0n) is 37.4. The van der Waals surface area contributed by atoms with Crippen molar-refractivity contribution in [2.75, 3.05) is 56.1 Å². The minimum Gasteiger partial charge on any atom is -0.508 e. The maximum Gasteiger partial charge on any atom is 0.319 e. The molecule has 0 radical (unpaired) electrons. The van der Waals surface area contributed by atoms with Crippen molar-refractivity contribution in [1.29, 1.82) is 0 Å². The molecule has 5 aliphatic rings. The van der Waals surface area contributed by atoms with Crippen LogP contribution in [0.25, 0.3) is 32.9 Å². The molecule has 2 atom stereocenters. The third-order valence-corrected chi connectivity index (χ3v) is 14.5. The van der Waals surface area contributed by atoms with Crippen LogP contribution in [0.4, 0.5) is 20.3 Å². The average molecular weight is 907 g/mol. The third kappa shape index (κ3) is 7.95. The first kappa shape index (κ1) is 42.8. The number of rotatable bonds is 12. The number of piperazine rings is 1. The summed E-state index contributed by atoms with van der Waals surface area (Å²) in [4.78, 5) is 33.9. The van der Waals surface area contributed by atoms with E-state index in [9.17, 15) is 24.5 Å². The number of amides is 1. The SMILES string of the molecule is C#Cc1c(F)ccc2cc(O)cc(-c3ncc4c(N5CC6CCC(C5)N6)nc(OCC5CN(CC6(CNc7ccc8c(c7)CN(C(=O)c7cc(C(C)C)c(O)cc7O)C8)CC6)C5)nc4c3F)c12. The lowest BCUT2D eigenvalue weighted by atomic mass is 9.96. The van der Waals surface area contributed by atoms with Crippen LogP contribution in [0, 0.1) is 35.3 Å². The van der Waals surface area contributed by atoms with E-state index in [4.69, 9.17) is 16.1 Å². The van der Waals surface area contributed by atoms with Crippen molar-refractivity contribution in [2.24, 2.45) is 11.3 Å². The normalized spacial score (nSPS) is 19.8. The molecule has 2 unspecified atom stereocenters. The van der Waals surface area contributed by atoms with Gasteiger partial charge < -0.3 is 45.4 Å². The molecule has 344 valence electrons. The van der Waals surface area contributed by atoms with Crippen molar-refractivity contribution >= 4 is 39.1 Å². The average Bonchev–Trinajstić information content (AvgIpc) is 3.80. The molecule has 67 heavy (non-hydrogen) atoms. The topological polar surface area (TPSA) is 159 Å². The van der Waals surface area contributed by atoms with Gasteiger partial charge in [0.15, 0.2) is 5.82 Å². The number of phenolic OH excluding ortho intramolecular Hbond substituents is 3. The lowest BCUT2D eigenvalue weighted by Crippen LogP contribution is -2.52. The number of anilines is 2. The number of aromatic nitrogens is 3. The number of nitrogens with zero attached hydrogens (tertiary/aromatic N) is 6. The molecule has 4 aliphatic heterocycles. The number of likely N-dealkylation sites (tertiary alicyclic amines) is 1. The van der Waals surface area contributed by atoms with E-state index >= 15 is 4.39 Å². The molecule has 6 aromatic rings. The van der Waals surface area contributed by atoms with Crippen LogP contribution in [0.5, 0.6) is 23.3 Å². The predicted molar refractivity (Wildman–Crippen MR) is 251 cm³/mol. The Morgan fingerprint density at radius 1 is 0.970 bits per heavy atom. The fourth-order valence-electron chi connectivity index (χ4n) is 10.7. The van der Waals surface area contributed by atoms with Crippen LogP contribution in [0.15, 0.2) is 60.8 Å². The summed E-state index contributed by atoms with van der Waals surface area (Å²) in [5, 5.41) is 40.0. The number of terminal acetylenes is 1. The highest BCUT2D eigenvalue weighted by atomic mass is 19.1. The Morgan fingerprint density at radius 3 is 2.49 bits per heavy atom. The maximum atomic E-state index is 17.0. The van der Waals surface area contributed by atoms with Crippen molar-refractivity contribution in [2.45, 2.75) is 70.6 Å². The number of ether oxygens (including phenoxy) is 1. The molecule has 6 heterocycles. The zero-order chi connectivity index (χ0) is 46.3. The first-order valence-corrected chi connectivity index (χ1v) is 23.2. The van der Waals surface area contributed by atoms with Gasteiger partial charge >= 0.3 is 6.01 Å². The first-order valence-electron chi connectivity index (χ1n) is 23.2. The molecule has 0 spiro atoms. The molecule has 13 nitrogen and oxygen atoms in total. The lowest BCUT2D eigenvalue weighted by Gasteiger charge is -2.41. The van der Waals surface area contributed by atoms with Crippen molar-refractivity contribution in [1.82, 2.24) is 30.1 Å². The number of hydrogen-bond acceptors (Lipinski definition) is 12. The standard InChI is InChI=1S/C52H52F2N8O5/c1-4-37-42(53)10-6-30-14-36(63)15-40(45(30)37)47-46(54)48-41(18-55-47)49(61-23-34-8-9-35(24-61)57-34)59-51(58-48)67-25-29-19-60(20-29)27-52(11-12-52)26-56-33-7-5-31-21-62(22-32(31)13-33)50(66)39-16-38(28(2)3)43(64)17-44(39)65/h1,5-7,10,13-18,28-29,34-35,56-57,63-65H,8-9,11-12,19-27H2,2-3H3. The first-order chi connectivity index (χ1) is 32.3. The zero-order valence-corrected chi connectivity index (χ0v) is 37.4. The Balaban J connectivity index is 0.752. The Bertz CT molecular complexity index is 3030. The van der Waals surface area contributed by atoms with Crippen LogP contribution in [0.2, 0.25) is 0 Å². The molecule has 3 saturated heterocycles. The summed E-state index contributed by atoms with van der Waals surface area (Å²) < 4.78 is 38.3. The predicted octanol–water partition coefficient (Wildman–Crippen LogP) is 7.64. The summed E-state index contributed by atoms with van der Waals surface area (Å²) in [5.74, 6) is 1.15. The van der Waals surface area contributed by atoms with Gasteiger partial charge in [-0.05, 0) is 90.1 Å². The lowest BCUT2D eigenvalue weighted by molar-refractivity contribution is 0.0441. The number of halogens is 2. The van der Waals surface area contributed by atoms with Gasteiger partial charge in [-0.1, -0.05) is 31.9 Å². The van der Waals surface area contributed by atoms with Crippen LogP contribution in [0.3, 0.4) is 0 Å². The van der Waals surface area contributed by atoms with Gasteiger partial charge in [0.05, 0.1) is 23.1 Å². The van der Waals surface area contributed by atoms with E-state index in [0.29, 0.717) is 54.9 Å². The largest absolute Gasteiger partial charge is 0.508 e. The third-order valence-electron chi connectivity index (χ3n) is 14.5. The summed E-state index contributed by atoms with van der Waals surface area (Å²) in [5.41, 5.74) is 4.14. The van der Waals surface area contributed by atoms with Gasteiger partial charge in [0.25, 0.3) is 5.91 Å². The van der Waals surface area contributed by atoms with Gasteiger partial charge in [0.2, 0.25) is 0 Å². The minimum absolute atomic E-state index is 0.00406. The van der Waals surface area contributed by atoms with Crippen molar-refractivity contribution in [3.05, 3.63) is 100 Å². The minimum atomic E-state index is -0.745. The van der Waals surface area contributed by atoms with Crippen LogP contribution in [-0.4, -0.2) is 104 Å². The van der Waals surface area contributed by atoms with Crippen molar-refractivity contribution < 1.29 is 33.6 Å². The number of benzene rings is 4. The molecular weight excluding hydrogens is 855 g/mol. The number of carbonyl (C=O) groups excluding carboxylic acids is 1. The van der Waals surface area contributed by atoms with E-state index in [1.54, 1.807) is 17.2 Å². The summed E-state index contributed by atoms with van der Waals surface area (Å²) in [6.45, 7) is 9.99. The molecule has 4 aromatic carbocycles. The fourth-order valence-corrected chi connectivity index (χ4v) is 10.7. The number of fused-ring (bicyclic) bond motifs is 5. The molecule has 15 heteroatoms. The summed E-state index contributed by atoms with van der Waals surface area (Å²) in [6.07, 6.45) is 11.6. The Labute approximate surface area is 386 Å². The quantitative estimate of drug-likeness (QED) is 0.0766. The Kier molecular flexibility index (Phi) is 10.6. The fraction of sp³-hybridized carbons (Fsp3) is 0.385. The van der Waals surface area contributed by atoms with Crippen molar-refractivity contribution in [3.8, 4) is 46.9 Å². The molecular formula is C52H52F2N8O5. The molecule has 11 rings (SSSR count). The molecule has 5 N–H and O–H groups in total. The van der Waals surface area contributed by atoms with E-state index in [2.05, 4.69) is 54.5 Å². The second kappa shape index (κ2) is 16.5. The Morgan fingerprint density at radius 2 is 1.75 bits per heavy atom. The number of hydrogen-bond donors (Lipinski definition) is 5. The molecule has 4 fully saturated rings. The van der Waals surface area contributed by atoms with Gasteiger partial charge in [0.1, 0.15) is 40.1 Å². The Hall–Kier alpha value is -6.76. The van der Waals surface area contributed by atoms with Gasteiger partial charge in [-0.3, -0.25) is 9.78 Å². The van der Waals surface area contributed by atoms with Gasteiger partial charge in [-0.25, -0.2) is 8.78 Å². The number of carbonyl (C=O) groups is 1. The summed E-state index contributed by atoms with van der Waals surface area (Å²) in [7, 11) is 0. The van der Waals surface area contributed by atoms with Gasteiger partial charge in [-0.2, -0.15) is 9.97 Å². The number of phenols is 3. The van der Waals surface area contributed by atoms with E-state index in [0.717, 1.165) is 68.7 Å². The van der Waals surface area contributed by atoms with Crippen LogP contribution < -0.4 is 20.3 Å². The van der Waals surface area contributed by atoms with E-state index in [1.165, 1.54) is 30.3 Å². The molecule has 2 aromatic heterocycles. The van der Waals surface area contributed by atoms with E-state index in [-0.39, 0.29) is 91.8 Å².